The van der Waals surface area contributed by atoms with Gasteiger partial charge in [0.2, 0.25) is 0 Å². The summed E-state index contributed by atoms with van der Waals surface area (Å²) in [6.45, 7) is 4.27. The molecule has 0 unspecified atom stereocenters. The number of aryl methyl sites for hydroxylation is 2. The van der Waals surface area contributed by atoms with Crippen LogP contribution in [0.5, 0.6) is 0 Å². The molecule has 3 aromatic heterocycles. The third-order valence-corrected chi connectivity index (χ3v) is 17.2. The van der Waals surface area contributed by atoms with Crippen molar-refractivity contribution in [2.45, 2.75) is 13.8 Å². The van der Waals surface area contributed by atoms with Crippen LogP contribution in [-0.4, -0.2) is 59.3 Å². The normalized spacial score (nSPS) is 11.1. The van der Waals surface area contributed by atoms with Gasteiger partial charge in [0, 0.05) is 78.4 Å². The monoisotopic (exact) mass is 1310 g/mol. The number of aromatic carboxylic acids is 3. The van der Waals surface area contributed by atoms with E-state index in [2.05, 4.69) is 191 Å². The Morgan fingerprint density at radius 3 is 0.830 bits per heavy atom. The molecular formula is C86H62N6O8. The fourth-order valence-electron chi connectivity index (χ4n) is 12.6. The number of aromatic amines is 2. The minimum Gasteiger partial charge on any atom is -0.478 e. The third-order valence-electron chi connectivity index (χ3n) is 17.2. The zero-order valence-electron chi connectivity index (χ0n) is 54.1. The van der Waals surface area contributed by atoms with Crippen LogP contribution in [0.2, 0.25) is 0 Å². The summed E-state index contributed by atoms with van der Waals surface area (Å²) in [6.07, 6.45) is 7.99. The molecule has 14 nitrogen and oxygen atoms in total. The molecule has 0 amide bonds. The van der Waals surface area contributed by atoms with E-state index in [1.165, 1.54) is 22.3 Å². The number of rotatable bonds is 14. The summed E-state index contributed by atoms with van der Waals surface area (Å²) in [4.78, 5) is 74.0. The Kier molecular flexibility index (Phi) is 18.8. The second-order valence-electron chi connectivity index (χ2n) is 23.7. The second-order valence-corrected chi connectivity index (χ2v) is 23.7. The van der Waals surface area contributed by atoms with Crippen molar-refractivity contribution in [3.63, 3.8) is 0 Å². The number of carboxylic acid groups (broad SMARTS) is 3. The lowest BCUT2D eigenvalue weighted by Crippen LogP contribution is -2.10. The SMILES string of the molecule is Cc1cccc(N(c2ccccc2)c2ccc(-c3ccc(N(c4ccccc4)c4cccc(C)c4)cc3)cc2)c1.O=C(O)c1ccc(-c2c3nc(c(-c4ccc(C(=O)O)cc4)c4ccc([nH]4)c(-c4ccc(C(=O)O)cc4)c4nc(c(-c5ccccc5)c5ccc2[nH]5)C=C4)C=C3)cc1.O=C=O. The van der Waals surface area contributed by atoms with Gasteiger partial charge in [-0.1, -0.05) is 152 Å². The molecule has 0 spiro atoms. The minimum absolute atomic E-state index is 0.143. The van der Waals surface area contributed by atoms with Crippen LogP contribution >= 0.6 is 0 Å². The number of hydrogen-bond acceptors (Lipinski definition) is 9. The van der Waals surface area contributed by atoms with Gasteiger partial charge in [0.15, 0.2) is 0 Å². The highest BCUT2D eigenvalue weighted by atomic mass is 16.4. The molecule has 0 atom stereocenters. The predicted octanol–water partition coefficient (Wildman–Crippen LogP) is 20.7. The first kappa shape index (κ1) is 64.9. The first-order valence-corrected chi connectivity index (χ1v) is 32.1. The van der Waals surface area contributed by atoms with Gasteiger partial charge < -0.3 is 35.1 Å². The summed E-state index contributed by atoms with van der Waals surface area (Å²) in [7, 11) is 0. The quantitative estimate of drug-likeness (QED) is 0.0689. The van der Waals surface area contributed by atoms with Crippen LogP contribution in [0.4, 0.5) is 34.1 Å². The Balaban J connectivity index is 0.000000183. The molecule has 10 aromatic carbocycles. The summed E-state index contributed by atoms with van der Waals surface area (Å²) in [6, 6.07) is 93.8. The van der Waals surface area contributed by atoms with Crippen molar-refractivity contribution < 1.29 is 39.3 Å². The Morgan fingerprint density at radius 1 is 0.300 bits per heavy atom. The maximum Gasteiger partial charge on any atom is 0.373 e. The van der Waals surface area contributed by atoms with Crippen molar-refractivity contribution in [1.29, 1.82) is 0 Å². The minimum atomic E-state index is -1.04. The van der Waals surface area contributed by atoms with E-state index in [1.54, 1.807) is 72.8 Å². The number of nitrogens with zero attached hydrogens (tertiary/aromatic N) is 4. The highest BCUT2D eigenvalue weighted by Gasteiger charge is 2.22. The van der Waals surface area contributed by atoms with Crippen LogP contribution < -0.4 is 9.80 Å². The molecule has 2 aliphatic heterocycles. The Hall–Kier alpha value is -13.8. The van der Waals surface area contributed by atoms with E-state index in [9.17, 15) is 29.7 Å². The molecule has 15 rings (SSSR count). The van der Waals surface area contributed by atoms with Gasteiger partial charge in [0.25, 0.3) is 0 Å². The largest absolute Gasteiger partial charge is 0.478 e. The number of carbonyl (C=O) groups is 3. The Bertz CT molecular complexity index is 5290. The fourth-order valence-corrected chi connectivity index (χ4v) is 12.6. The van der Waals surface area contributed by atoms with Crippen molar-refractivity contribution in [3.05, 3.63) is 336 Å². The molecule has 100 heavy (non-hydrogen) atoms. The summed E-state index contributed by atoms with van der Waals surface area (Å²) in [5.74, 6) is -3.10. The molecule has 0 saturated heterocycles. The molecule has 2 aliphatic rings. The van der Waals surface area contributed by atoms with Gasteiger partial charge in [-0.3, -0.25) is 0 Å². The molecule has 0 radical (unpaired) electrons. The molecule has 0 aliphatic carbocycles. The number of hydrogen-bond donors (Lipinski definition) is 5. The van der Waals surface area contributed by atoms with Gasteiger partial charge in [-0.05, 0) is 216 Å². The number of aromatic nitrogens is 4. The Labute approximate surface area is 575 Å². The van der Waals surface area contributed by atoms with E-state index in [0.717, 1.165) is 84.1 Å². The molecule has 484 valence electrons. The maximum absolute atomic E-state index is 11.8. The number of fused-ring (bicyclic) bond motifs is 8. The summed E-state index contributed by atoms with van der Waals surface area (Å²) >= 11 is 0. The molecule has 0 saturated carbocycles. The molecule has 5 N–H and O–H groups in total. The number of para-hydroxylation sites is 2. The van der Waals surface area contributed by atoms with Crippen molar-refractivity contribution in [2.24, 2.45) is 0 Å². The second kappa shape index (κ2) is 29.0. The van der Waals surface area contributed by atoms with Crippen molar-refractivity contribution in [1.82, 2.24) is 19.9 Å². The summed E-state index contributed by atoms with van der Waals surface area (Å²) in [5.41, 5.74) is 23.9. The number of carbonyl (C=O) groups excluding carboxylic acids is 2. The molecule has 5 heterocycles. The van der Waals surface area contributed by atoms with Gasteiger partial charge in [-0.2, -0.15) is 9.59 Å². The van der Waals surface area contributed by atoms with Gasteiger partial charge in [0.05, 0.1) is 39.5 Å². The lowest BCUT2D eigenvalue weighted by molar-refractivity contribution is -0.191. The van der Waals surface area contributed by atoms with Gasteiger partial charge in [0.1, 0.15) is 0 Å². The maximum atomic E-state index is 11.8. The van der Waals surface area contributed by atoms with E-state index in [4.69, 9.17) is 19.6 Å². The third kappa shape index (κ3) is 14.0. The molecule has 14 heteroatoms. The van der Waals surface area contributed by atoms with E-state index >= 15 is 0 Å². The van der Waals surface area contributed by atoms with E-state index in [1.807, 2.05) is 78.9 Å². The number of carboxylic acids is 3. The number of H-pyrrole nitrogens is 2. The van der Waals surface area contributed by atoms with Crippen LogP contribution in [0.1, 0.15) is 65.0 Å². The molecule has 8 bridgehead atoms. The van der Waals surface area contributed by atoms with Crippen molar-refractivity contribution in [2.75, 3.05) is 9.80 Å². The van der Waals surface area contributed by atoms with Gasteiger partial charge in [-0.15, -0.1) is 0 Å². The van der Waals surface area contributed by atoms with Crippen LogP contribution in [0.15, 0.2) is 285 Å². The average Bonchev–Trinajstić information content (AvgIpc) is 1.56. The lowest BCUT2D eigenvalue weighted by Gasteiger charge is -2.26. The molecule has 13 aromatic rings. The van der Waals surface area contributed by atoms with Crippen molar-refractivity contribution >= 4 is 105 Å². The van der Waals surface area contributed by atoms with E-state index < -0.39 is 17.9 Å². The van der Waals surface area contributed by atoms with Crippen LogP contribution in [0, 0.1) is 13.8 Å². The smallest absolute Gasteiger partial charge is 0.373 e. The Morgan fingerprint density at radius 2 is 0.550 bits per heavy atom. The first-order valence-electron chi connectivity index (χ1n) is 32.1. The van der Waals surface area contributed by atoms with Crippen molar-refractivity contribution in [3.8, 4) is 55.6 Å². The lowest BCUT2D eigenvalue weighted by atomic mass is 10.0. The highest BCUT2D eigenvalue weighted by molar-refractivity contribution is 6.01. The molecule has 0 fully saturated rings. The fraction of sp³-hybridized carbons (Fsp3) is 0.0233. The zero-order valence-corrected chi connectivity index (χ0v) is 54.1. The van der Waals surface area contributed by atoms with Crippen LogP contribution in [-0.2, 0) is 9.59 Å². The average molecular weight is 1310 g/mol. The van der Waals surface area contributed by atoms with Gasteiger partial charge in [-0.25, -0.2) is 24.4 Å². The predicted molar refractivity (Wildman–Crippen MR) is 397 cm³/mol. The van der Waals surface area contributed by atoms with Crippen LogP contribution in [0.3, 0.4) is 0 Å². The summed E-state index contributed by atoms with van der Waals surface area (Å²) in [5, 5.41) is 29.0. The number of anilines is 6. The standard InChI is InChI=1S/C47H30N4O6.C38H32N2.CO2/c52-45(53)30-12-6-27(7-13-30)42-35-20-18-33(48-35)41(26-4-2-1-3-5-26)34-19-21-36(49-34)43(28-8-14-31(15-9-28)46(54)55)38-23-25-40(51-38)44(39-24-22-37(42)50-39)29-10-16-32(17-11-29)47(56)57;1-29-11-9-17-37(27-29)39(33-13-5-3-6-14-33)35-23-19-31(20-24-35)32-21-25-36(26-22-32)40(34-15-7-4-8-16-34)38-18-10-12-30(2)28-38;2-1-3/h1-25,48,51H,(H,52,53)(H,54,55)(H,56,57);3-28H,1-2H3;. The number of nitrogens with one attached hydrogen (secondary N) is 2. The first-order chi connectivity index (χ1) is 48.8. The molecular weight excluding hydrogens is 1240 g/mol. The van der Waals surface area contributed by atoms with E-state index in [0.29, 0.717) is 39.4 Å². The van der Waals surface area contributed by atoms with E-state index in [-0.39, 0.29) is 22.8 Å². The highest BCUT2D eigenvalue weighted by Crippen LogP contribution is 2.42. The van der Waals surface area contributed by atoms with Crippen LogP contribution in [0.25, 0.3) is 102 Å². The van der Waals surface area contributed by atoms with Gasteiger partial charge >= 0.3 is 24.1 Å². The number of benzene rings is 10. The topological polar surface area (TPSA) is 210 Å². The summed E-state index contributed by atoms with van der Waals surface area (Å²) < 4.78 is 0. The zero-order chi connectivity index (χ0) is 69.2.